The average molecular weight is 536 g/mol. The Kier molecular flexibility index (Phi) is 6.87. The molecule has 5 nitrogen and oxygen atoms in total. The number of hydrogen-bond donors (Lipinski definition) is 1. The summed E-state index contributed by atoms with van der Waals surface area (Å²) in [6.07, 6.45) is 3.36. The van der Waals surface area contributed by atoms with Crippen LogP contribution in [0.15, 0.2) is 108 Å². The number of anilines is 2. The van der Waals surface area contributed by atoms with Crippen molar-refractivity contribution >= 4 is 50.3 Å². The van der Waals surface area contributed by atoms with Crippen molar-refractivity contribution in [1.82, 2.24) is 9.97 Å². The molecule has 0 saturated carbocycles. The summed E-state index contributed by atoms with van der Waals surface area (Å²) in [7, 11) is 1.63. The molecule has 0 bridgehead atoms. The minimum absolute atomic E-state index is 0.0729. The minimum atomic E-state index is -0.0729. The number of ketones is 1. The fourth-order valence-electron chi connectivity index (χ4n) is 3.80. The monoisotopic (exact) mass is 535 g/mol. The maximum Gasteiger partial charge on any atom is 0.228 e. The predicted octanol–water partition coefficient (Wildman–Crippen LogP) is 7.71. The standard InChI is InChI=1S/C30H22BrN3O2/c1-36-25-15-7-20(8-16-25)9-18-28(35)21-10-13-24(14-11-21)32-30-33-27-17-12-23(31)19-26(27)29(34-30)22-5-3-2-4-6-22/h2-19H,1H3,(H,32,33,34). The fraction of sp³-hybridized carbons (Fsp3) is 0.0333. The summed E-state index contributed by atoms with van der Waals surface area (Å²) in [5.74, 6) is 1.19. The van der Waals surface area contributed by atoms with Gasteiger partial charge in [0.1, 0.15) is 5.75 Å². The van der Waals surface area contributed by atoms with Gasteiger partial charge in [-0.05, 0) is 66.2 Å². The van der Waals surface area contributed by atoms with E-state index in [1.54, 1.807) is 31.4 Å². The second-order valence-electron chi connectivity index (χ2n) is 8.10. The van der Waals surface area contributed by atoms with E-state index in [9.17, 15) is 4.79 Å². The Hall–Kier alpha value is -4.29. The van der Waals surface area contributed by atoms with E-state index < -0.39 is 0 Å². The third kappa shape index (κ3) is 5.34. The Bertz CT molecular complexity index is 1550. The van der Waals surface area contributed by atoms with E-state index in [0.29, 0.717) is 11.5 Å². The van der Waals surface area contributed by atoms with Crippen molar-refractivity contribution in [2.24, 2.45) is 0 Å². The molecular formula is C30H22BrN3O2. The molecule has 5 aromatic rings. The topological polar surface area (TPSA) is 64.1 Å². The van der Waals surface area contributed by atoms with Gasteiger partial charge in [0.15, 0.2) is 5.78 Å². The van der Waals surface area contributed by atoms with E-state index in [1.807, 2.05) is 84.9 Å². The van der Waals surface area contributed by atoms with Crippen LogP contribution in [-0.4, -0.2) is 22.9 Å². The van der Waals surface area contributed by atoms with Gasteiger partial charge in [0.05, 0.1) is 18.3 Å². The Balaban J connectivity index is 1.37. The molecule has 0 fully saturated rings. The van der Waals surface area contributed by atoms with Crippen LogP contribution in [0, 0.1) is 0 Å². The van der Waals surface area contributed by atoms with Gasteiger partial charge in [-0.3, -0.25) is 4.79 Å². The molecule has 36 heavy (non-hydrogen) atoms. The van der Waals surface area contributed by atoms with Crippen molar-refractivity contribution in [3.63, 3.8) is 0 Å². The lowest BCUT2D eigenvalue weighted by atomic mass is 10.1. The zero-order valence-electron chi connectivity index (χ0n) is 19.5. The summed E-state index contributed by atoms with van der Waals surface area (Å²) in [6.45, 7) is 0. The molecular weight excluding hydrogens is 514 g/mol. The molecule has 5 rings (SSSR count). The molecule has 0 aliphatic rings. The third-order valence-electron chi connectivity index (χ3n) is 5.67. The van der Waals surface area contributed by atoms with Gasteiger partial charge in [-0.2, -0.15) is 0 Å². The zero-order chi connectivity index (χ0) is 24.9. The van der Waals surface area contributed by atoms with E-state index in [4.69, 9.17) is 14.7 Å². The van der Waals surface area contributed by atoms with Crippen molar-refractivity contribution in [1.29, 1.82) is 0 Å². The normalized spacial score (nSPS) is 11.1. The quantitative estimate of drug-likeness (QED) is 0.171. The summed E-state index contributed by atoms with van der Waals surface area (Å²) in [4.78, 5) is 22.1. The Morgan fingerprint density at radius 2 is 1.64 bits per heavy atom. The third-order valence-corrected chi connectivity index (χ3v) is 6.17. The number of carbonyl (C=O) groups is 1. The fourth-order valence-corrected chi connectivity index (χ4v) is 4.16. The summed E-state index contributed by atoms with van der Waals surface area (Å²) < 4.78 is 6.13. The van der Waals surface area contributed by atoms with Crippen LogP contribution in [0.3, 0.4) is 0 Å². The molecule has 0 aliphatic heterocycles. The lowest BCUT2D eigenvalue weighted by molar-refractivity contribution is 0.104. The van der Waals surface area contributed by atoms with Crippen molar-refractivity contribution in [3.8, 4) is 17.0 Å². The van der Waals surface area contributed by atoms with Gasteiger partial charge < -0.3 is 10.1 Å². The maximum atomic E-state index is 12.6. The molecule has 0 unspecified atom stereocenters. The van der Waals surface area contributed by atoms with Crippen molar-refractivity contribution in [3.05, 3.63) is 119 Å². The van der Waals surface area contributed by atoms with E-state index in [2.05, 4.69) is 21.2 Å². The molecule has 6 heteroatoms. The highest BCUT2D eigenvalue weighted by Gasteiger charge is 2.11. The predicted molar refractivity (Wildman–Crippen MR) is 149 cm³/mol. The van der Waals surface area contributed by atoms with E-state index in [1.165, 1.54) is 0 Å². The number of benzene rings is 4. The Labute approximate surface area is 217 Å². The number of carbonyl (C=O) groups excluding carboxylic acids is 1. The zero-order valence-corrected chi connectivity index (χ0v) is 21.1. The molecule has 4 aromatic carbocycles. The highest BCUT2D eigenvalue weighted by atomic mass is 79.9. The van der Waals surface area contributed by atoms with Gasteiger partial charge in [-0.15, -0.1) is 0 Å². The molecule has 1 aromatic heterocycles. The van der Waals surface area contributed by atoms with Crippen LogP contribution < -0.4 is 10.1 Å². The molecule has 1 heterocycles. The van der Waals surface area contributed by atoms with Gasteiger partial charge in [0.25, 0.3) is 0 Å². The van der Waals surface area contributed by atoms with E-state index in [-0.39, 0.29) is 5.78 Å². The lowest BCUT2D eigenvalue weighted by Gasteiger charge is -2.11. The maximum absolute atomic E-state index is 12.6. The summed E-state index contributed by atoms with van der Waals surface area (Å²) in [5.41, 5.74) is 5.01. The molecule has 0 radical (unpaired) electrons. The largest absolute Gasteiger partial charge is 0.497 e. The van der Waals surface area contributed by atoms with Gasteiger partial charge in [-0.1, -0.05) is 64.5 Å². The molecule has 0 spiro atoms. The molecule has 0 saturated heterocycles. The lowest BCUT2D eigenvalue weighted by Crippen LogP contribution is -2.01. The minimum Gasteiger partial charge on any atom is -0.497 e. The number of aromatic nitrogens is 2. The van der Waals surface area contributed by atoms with Crippen molar-refractivity contribution in [2.75, 3.05) is 12.4 Å². The van der Waals surface area contributed by atoms with Crippen molar-refractivity contribution in [2.45, 2.75) is 0 Å². The van der Waals surface area contributed by atoms with Crippen LogP contribution in [0.5, 0.6) is 5.75 Å². The number of fused-ring (bicyclic) bond motifs is 1. The second-order valence-corrected chi connectivity index (χ2v) is 9.01. The molecule has 176 valence electrons. The van der Waals surface area contributed by atoms with Crippen LogP contribution in [0.25, 0.3) is 28.2 Å². The van der Waals surface area contributed by atoms with E-state index in [0.717, 1.165) is 43.6 Å². The molecule has 1 N–H and O–H groups in total. The Morgan fingerprint density at radius 1 is 0.889 bits per heavy atom. The first-order valence-corrected chi connectivity index (χ1v) is 12.1. The smallest absolute Gasteiger partial charge is 0.228 e. The van der Waals surface area contributed by atoms with Gasteiger partial charge >= 0.3 is 0 Å². The molecule has 0 amide bonds. The first kappa shape index (κ1) is 23.5. The first-order valence-electron chi connectivity index (χ1n) is 11.4. The highest BCUT2D eigenvalue weighted by Crippen LogP contribution is 2.30. The van der Waals surface area contributed by atoms with Crippen LogP contribution >= 0.6 is 15.9 Å². The molecule has 0 atom stereocenters. The molecule has 0 aliphatic carbocycles. The highest BCUT2D eigenvalue weighted by molar-refractivity contribution is 9.10. The first-order chi connectivity index (χ1) is 17.6. The van der Waals surface area contributed by atoms with Crippen LogP contribution in [0.2, 0.25) is 0 Å². The summed E-state index contributed by atoms with van der Waals surface area (Å²) in [6, 6.07) is 30.8. The summed E-state index contributed by atoms with van der Waals surface area (Å²) in [5, 5.41) is 4.24. The number of rotatable bonds is 7. The number of allylic oxidation sites excluding steroid dienone is 1. The number of nitrogens with one attached hydrogen (secondary N) is 1. The average Bonchev–Trinajstić information content (AvgIpc) is 2.92. The van der Waals surface area contributed by atoms with Crippen LogP contribution in [-0.2, 0) is 0 Å². The van der Waals surface area contributed by atoms with Crippen molar-refractivity contribution < 1.29 is 9.53 Å². The van der Waals surface area contributed by atoms with Crippen LogP contribution in [0.4, 0.5) is 11.6 Å². The number of halogens is 1. The SMILES string of the molecule is COc1ccc(C=CC(=O)c2ccc(Nc3nc(-c4ccccc4)c4cc(Br)ccc4n3)cc2)cc1. The number of hydrogen-bond acceptors (Lipinski definition) is 5. The van der Waals surface area contributed by atoms with Gasteiger partial charge in [0, 0.05) is 26.7 Å². The van der Waals surface area contributed by atoms with Gasteiger partial charge in [-0.25, -0.2) is 9.97 Å². The van der Waals surface area contributed by atoms with Crippen LogP contribution in [0.1, 0.15) is 15.9 Å². The van der Waals surface area contributed by atoms with E-state index >= 15 is 0 Å². The Morgan fingerprint density at radius 3 is 2.36 bits per heavy atom. The number of methoxy groups -OCH3 is 1. The summed E-state index contributed by atoms with van der Waals surface area (Å²) >= 11 is 3.55. The number of ether oxygens (including phenoxy) is 1. The number of nitrogens with zero attached hydrogens (tertiary/aromatic N) is 2. The second kappa shape index (κ2) is 10.5. The van der Waals surface area contributed by atoms with Gasteiger partial charge in [0.2, 0.25) is 5.95 Å².